The molecule has 1 saturated heterocycles. The van der Waals surface area contributed by atoms with E-state index in [0.29, 0.717) is 12.4 Å². The molecule has 1 aromatic rings. The van der Waals surface area contributed by atoms with Gasteiger partial charge in [-0.3, -0.25) is 0 Å². The third-order valence-corrected chi connectivity index (χ3v) is 8.24. The molecule has 0 atom stereocenters. The molecule has 1 aliphatic heterocycles. The van der Waals surface area contributed by atoms with E-state index in [1.54, 1.807) is 19.1 Å². The highest BCUT2D eigenvalue weighted by Gasteiger charge is 2.43. The quantitative estimate of drug-likeness (QED) is 0.726. The van der Waals surface area contributed by atoms with Gasteiger partial charge in [-0.1, -0.05) is 13.8 Å². The summed E-state index contributed by atoms with van der Waals surface area (Å²) in [5.74, 6) is 0.778. The number of hydrogen-bond acceptors (Lipinski definition) is 5. The topological polar surface area (TPSA) is 80.8 Å². The molecule has 0 amide bonds. The molecule has 1 heterocycles. The predicted octanol–water partition coefficient (Wildman–Crippen LogP) is 1.84. The fourth-order valence-electron chi connectivity index (χ4n) is 2.67. The molecule has 1 aliphatic rings. The highest BCUT2D eigenvalue weighted by Crippen LogP contribution is 2.29. The maximum atomic E-state index is 12.6. The van der Waals surface area contributed by atoms with E-state index < -0.39 is 25.1 Å². The standard InChI is InChI=1S/C16H25NO5S2/c1-5-22-16-7-6-14(8-13(16)4)24(20,21)17-9-15(10-17)23(18,19)11-12(2)3/h6-8,12,15H,5,9-11H2,1-4H3. The maximum absolute atomic E-state index is 12.6. The third-order valence-electron chi connectivity index (χ3n) is 3.97. The summed E-state index contributed by atoms with van der Waals surface area (Å²) in [4.78, 5) is 0.170. The molecular weight excluding hydrogens is 350 g/mol. The number of rotatable bonds is 7. The highest BCUT2D eigenvalue weighted by atomic mass is 32.2. The van der Waals surface area contributed by atoms with Crippen LogP contribution in [0, 0.1) is 12.8 Å². The largest absolute Gasteiger partial charge is 0.494 e. The summed E-state index contributed by atoms with van der Waals surface area (Å²) in [6, 6.07) is 4.71. The Morgan fingerprint density at radius 1 is 1.21 bits per heavy atom. The maximum Gasteiger partial charge on any atom is 0.243 e. The van der Waals surface area contributed by atoms with Crippen molar-refractivity contribution in [1.29, 1.82) is 0 Å². The Labute approximate surface area is 144 Å². The highest BCUT2D eigenvalue weighted by molar-refractivity contribution is 7.92. The zero-order valence-corrected chi connectivity index (χ0v) is 16.2. The number of ether oxygens (including phenoxy) is 1. The zero-order valence-electron chi connectivity index (χ0n) is 14.5. The summed E-state index contributed by atoms with van der Waals surface area (Å²) in [5, 5.41) is -0.599. The van der Waals surface area contributed by atoms with Crippen LogP contribution in [0.5, 0.6) is 5.75 Å². The van der Waals surface area contributed by atoms with Gasteiger partial charge in [-0.15, -0.1) is 0 Å². The summed E-state index contributed by atoms with van der Waals surface area (Å²) < 4.78 is 56.2. The minimum absolute atomic E-state index is 0.0314. The fourth-order valence-corrected chi connectivity index (χ4v) is 6.49. The number of aryl methyl sites for hydroxylation is 1. The Hall–Kier alpha value is -1.12. The molecule has 0 radical (unpaired) electrons. The molecule has 1 aromatic carbocycles. The Balaban J connectivity index is 2.12. The molecule has 0 aromatic heterocycles. The van der Waals surface area contributed by atoms with Gasteiger partial charge in [0.2, 0.25) is 10.0 Å². The van der Waals surface area contributed by atoms with Crippen LogP contribution in [0.4, 0.5) is 0 Å². The van der Waals surface area contributed by atoms with Gasteiger partial charge in [-0.2, -0.15) is 4.31 Å². The normalized spacial score (nSPS) is 17.0. The molecule has 2 rings (SSSR count). The van der Waals surface area contributed by atoms with Gasteiger partial charge >= 0.3 is 0 Å². The van der Waals surface area contributed by atoms with Crippen LogP contribution in [0.3, 0.4) is 0 Å². The summed E-state index contributed by atoms with van der Waals surface area (Å²) in [5.41, 5.74) is 0.738. The zero-order chi connectivity index (χ0) is 18.1. The molecule has 24 heavy (non-hydrogen) atoms. The van der Waals surface area contributed by atoms with E-state index in [-0.39, 0.29) is 29.7 Å². The molecule has 0 unspecified atom stereocenters. The summed E-state index contributed by atoms with van der Waals surface area (Å²) >= 11 is 0. The van der Waals surface area contributed by atoms with Gasteiger partial charge in [-0.25, -0.2) is 16.8 Å². The van der Waals surface area contributed by atoms with Crippen molar-refractivity contribution in [2.75, 3.05) is 25.4 Å². The van der Waals surface area contributed by atoms with Crippen LogP contribution < -0.4 is 4.74 Å². The molecule has 136 valence electrons. The Morgan fingerprint density at radius 2 is 1.83 bits per heavy atom. The number of nitrogens with zero attached hydrogens (tertiary/aromatic N) is 1. The lowest BCUT2D eigenvalue weighted by molar-refractivity contribution is 0.309. The van der Waals surface area contributed by atoms with Gasteiger partial charge in [0.05, 0.1) is 22.5 Å². The van der Waals surface area contributed by atoms with Gasteiger partial charge < -0.3 is 4.74 Å². The van der Waals surface area contributed by atoms with Gasteiger partial charge in [0.25, 0.3) is 0 Å². The van der Waals surface area contributed by atoms with Crippen LogP contribution in [-0.2, 0) is 19.9 Å². The second-order valence-corrected chi connectivity index (χ2v) is 10.8. The van der Waals surface area contributed by atoms with Crippen LogP contribution in [0.15, 0.2) is 23.1 Å². The van der Waals surface area contributed by atoms with Crippen molar-refractivity contribution in [1.82, 2.24) is 4.31 Å². The lowest BCUT2D eigenvalue weighted by Gasteiger charge is -2.37. The molecule has 8 heteroatoms. The van der Waals surface area contributed by atoms with Crippen LogP contribution >= 0.6 is 0 Å². The fraction of sp³-hybridized carbons (Fsp3) is 0.625. The average molecular weight is 376 g/mol. The van der Waals surface area contributed by atoms with Crippen LogP contribution in [0.2, 0.25) is 0 Å². The first-order chi connectivity index (χ1) is 11.1. The molecule has 0 N–H and O–H groups in total. The van der Waals surface area contributed by atoms with Crippen molar-refractivity contribution in [3.05, 3.63) is 23.8 Å². The minimum atomic E-state index is -3.66. The summed E-state index contributed by atoms with van der Waals surface area (Å²) in [7, 11) is -6.91. The van der Waals surface area contributed by atoms with Crippen LogP contribution in [0.1, 0.15) is 26.3 Å². The predicted molar refractivity (Wildman–Crippen MR) is 93.5 cm³/mol. The lowest BCUT2D eigenvalue weighted by atomic mass is 10.2. The number of sulfone groups is 1. The first kappa shape index (κ1) is 19.2. The summed E-state index contributed by atoms with van der Waals surface area (Å²) in [6.45, 7) is 7.90. The van der Waals surface area contributed by atoms with E-state index in [2.05, 4.69) is 0 Å². The van der Waals surface area contributed by atoms with Gasteiger partial charge in [0, 0.05) is 13.1 Å². The summed E-state index contributed by atoms with van der Waals surface area (Å²) in [6.07, 6.45) is 0. The first-order valence-electron chi connectivity index (χ1n) is 8.03. The van der Waals surface area contributed by atoms with Crippen molar-refractivity contribution in [2.45, 2.75) is 37.8 Å². The van der Waals surface area contributed by atoms with E-state index in [4.69, 9.17) is 4.74 Å². The average Bonchev–Trinajstić information content (AvgIpc) is 2.36. The molecule has 0 bridgehead atoms. The monoisotopic (exact) mass is 375 g/mol. The van der Waals surface area contributed by atoms with Gasteiger partial charge in [-0.05, 0) is 43.5 Å². The van der Waals surface area contributed by atoms with Gasteiger partial charge in [0.1, 0.15) is 5.75 Å². The van der Waals surface area contributed by atoms with Crippen molar-refractivity contribution < 1.29 is 21.6 Å². The molecular formula is C16H25NO5S2. The smallest absolute Gasteiger partial charge is 0.243 e. The number of sulfonamides is 1. The van der Waals surface area contributed by atoms with Crippen molar-refractivity contribution in [3.63, 3.8) is 0 Å². The van der Waals surface area contributed by atoms with Crippen molar-refractivity contribution in [2.24, 2.45) is 5.92 Å². The van der Waals surface area contributed by atoms with E-state index in [1.807, 2.05) is 20.8 Å². The number of benzene rings is 1. The van der Waals surface area contributed by atoms with Crippen LogP contribution in [-0.4, -0.2) is 51.8 Å². The molecule has 0 saturated carbocycles. The van der Waals surface area contributed by atoms with Crippen LogP contribution in [0.25, 0.3) is 0 Å². The van der Waals surface area contributed by atoms with E-state index >= 15 is 0 Å². The third kappa shape index (κ3) is 3.92. The van der Waals surface area contributed by atoms with Crippen molar-refractivity contribution >= 4 is 19.9 Å². The van der Waals surface area contributed by atoms with Crippen molar-refractivity contribution in [3.8, 4) is 5.75 Å². The second-order valence-electron chi connectivity index (χ2n) is 6.53. The molecule has 1 fully saturated rings. The minimum Gasteiger partial charge on any atom is -0.494 e. The number of hydrogen-bond donors (Lipinski definition) is 0. The molecule has 0 spiro atoms. The van der Waals surface area contributed by atoms with E-state index in [9.17, 15) is 16.8 Å². The SMILES string of the molecule is CCOc1ccc(S(=O)(=O)N2CC(S(=O)(=O)CC(C)C)C2)cc1C. The Bertz CT molecular complexity index is 794. The van der Waals surface area contributed by atoms with E-state index in [0.717, 1.165) is 5.56 Å². The molecule has 0 aliphatic carbocycles. The van der Waals surface area contributed by atoms with E-state index in [1.165, 1.54) is 10.4 Å². The Morgan fingerprint density at radius 3 is 2.33 bits per heavy atom. The molecule has 6 nitrogen and oxygen atoms in total. The first-order valence-corrected chi connectivity index (χ1v) is 11.2. The van der Waals surface area contributed by atoms with Gasteiger partial charge in [0.15, 0.2) is 9.84 Å². The Kier molecular flexibility index (Phi) is 5.61. The lowest BCUT2D eigenvalue weighted by Crippen LogP contribution is -2.57. The second kappa shape index (κ2) is 7.01.